The van der Waals surface area contributed by atoms with Crippen LogP contribution in [0.25, 0.3) is 10.6 Å². The van der Waals surface area contributed by atoms with Crippen molar-refractivity contribution in [3.8, 4) is 16.3 Å². The van der Waals surface area contributed by atoms with Crippen LogP contribution in [0.15, 0.2) is 47.8 Å². The number of carbonyl (C=O) groups is 1. The van der Waals surface area contributed by atoms with Crippen LogP contribution in [0.2, 0.25) is 10.0 Å². The van der Waals surface area contributed by atoms with E-state index in [0.717, 1.165) is 11.1 Å². The molecule has 0 unspecified atom stereocenters. The van der Waals surface area contributed by atoms with E-state index in [1.165, 1.54) is 11.3 Å². The molecular weight excluding hydrogens is 445 g/mol. The second-order valence-corrected chi connectivity index (χ2v) is 8.30. The number of morpholine rings is 1. The van der Waals surface area contributed by atoms with Crippen LogP contribution in [0.1, 0.15) is 16.1 Å². The summed E-state index contributed by atoms with van der Waals surface area (Å²) in [5.74, 6) is 0.434. The molecule has 0 saturated carbocycles. The number of aromatic nitrogens is 1. The predicted octanol–water partition coefficient (Wildman–Crippen LogP) is 4.67. The van der Waals surface area contributed by atoms with Crippen LogP contribution in [-0.4, -0.2) is 42.2 Å². The number of hydrogen-bond donors (Lipinski definition) is 1. The van der Waals surface area contributed by atoms with Gasteiger partial charge in [-0.15, -0.1) is 11.3 Å². The normalized spacial score (nSPS) is 14.5. The fourth-order valence-corrected chi connectivity index (χ4v) is 4.23. The molecule has 6 nitrogen and oxygen atoms in total. The Morgan fingerprint density at radius 2 is 2.00 bits per heavy atom. The second-order valence-electron chi connectivity index (χ2n) is 6.60. The third-order valence-corrected chi connectivity index (χ3v) is 5.99. The molecule has 0 atom stereocenters. The molecule has 1 N–H and O–H groups in total. The third-order valence-electron chi connectivity index (χ3n) is 4.52. The smallest absolute Gasteiger partial charge is 0.285 e. The minimum absolute atomic E-state index is 0.231. The highest BCUT2D eigenvalue weighted by Gasteiger charge is 2.18. The molecule has 1 aromatic heterocycles. The van der Waals surface area contributed by atoms with E-state index in [1.54, 1.807) is 17.5 Å². The summed E-state index contributed by atoms with van der Waals surface area (Å²) in [5.41, 5.74) is 4.90. The Balaban J connectivity index is 1.47. The molecule has 1 aliphatic heterocycles. The van der Waals surface area contributed by atoms with E-state index in [2.05, 4.69) is 10.4 Å². The number of benzene rings is 2. The number of hydrazine groups is 1. The summed E-state index contributed by atoms with van der Waals surface area (Å²) in [4.78, 5) is 17.0. The van der Waals surface area contributed by atoms with Gasteiger partial charge in [0.25, 0.3) is 5.91 Å². The van der Waals surface area contributed by atoms with Gasteiger partial charge in [0, 0.05) is 34.1 Å². The molecule has 0 aliphatic carbocycles. The third kappa shape index (κ3) is 5.11. The standard InChI is InChI=1S/C21H19Cl2N3O3S/c22-15-6-5-14(17(23)11-15)12-29-19-4-2-1-3-16(19)21-24-18(13-30-21)20(27)25-26-7-9-28-10-8-26/h1-6,11,13H,7-10,12H2,(H,25,27). The highest BCUT2D eigenvalue weighted by atomic mass is 35.5. The van der Waals surface area contributed by atoms with Crippen molar-refractivity contribution in [1.82, 2.24) is 15.4 Å². The van der Waals surface area contributed by atoms with Crippen molar-refractivity contribution in [3.05, 3.63) is 69.1 Å². The first-order valence-corrected chi connectivity index (χ1v) is 11.0. The lowest BCUT2D eigenvalue weighted by molar-refractivity contribution is 0.0125. The number of ether oxygens (including phenoxy) is 2. The van der Waals surface area contributed by atoms with Crippen molar-refractivity contribution in [2.24, 2.45) is 0 Å². The number of nitrogens with zero attached hydrogens (tertiary/aromatic N) is 2. The van der Waals surface area contributed by atoms with E-state index in [1.807, 2.05) is 35.3 Å². The molecule has 156 valence electrons. The van der Waals surface area contributed by atoms with Crippen LogP contribution in [0, 0.1) is 0 Å². The number of hydrogen-bond acceptors (Lipinski definition) is 6. The Hall–Kier alpha value is -2.16. The Morgan fingerprint density at radius 1 is 1.20 bits per heavy atom. The zero-order chi connectivity index (χ0) is 20.9. The van der Waals surface area contributed by atoms with Gasteiger partial charge in [0.2, 0.25) is 0 Å². The van der Waals surface area contributed by atoms with Gasteiger partial charge in [0.1, 0.15) is 23.1 Å². The number of nitrogens with one attached hydrogen (secondary N) is 1. The van der Waals surface area contributed by atoms with Gasteiger partial charge in [0.15, 0.2) is 0 Å². The first-order chi connectivity index (χ1) is 14.6. The molecule has 2 aromatic carbocycles. The number of amides is 1. The molecule has 0 spiro atoms. The SMILES string of the molecule is O=C(NN1CCOCC1)c1csc(-c2ccccc2OCc2ccc(Cl)cc2Cl)n1. The Morgan fingerprint density at radius 3 is 2.80 bits per heavy atom. The van der Waals surface area contributed by atoms with E-state index >= 15 is 0 Å². The van der Waals surface area contributed by atoms with Gasteiger partial charge < -0.3 is 9.47 Å². The maximum absolute atomic E-state index is 12.5. The summed E-state index contributed by atoms with van der Waals surface area (Å²) in [7, 11) is 0. The zero-order valence-corrected chi connectivity index (χ0v) is 18.3. The molecule has 3 aromatic rings. The summed E-state index contributed by atoms with van der Waals surface area (Å²) < 4.78 is 11.3. The second kappa shape index (κ2) is 9.76. The highest BCUT2D eigenvalue weighted by molar-refractivity contribution is 7.13. The van der Waals surface area contributed by atoms with Crippen molar-refractivity contribution in [3.63, 3.8) is 0 Å². The van der Waals surface area contributed by atoms with Gasteiger partial charge in [-0.1, -0.05) is 41.4 Å². The van der Waals surface area contributed by atoms with Crippen molar-refractivity contribution in [1.29, 1.82) is 0 Å². The molecule has 4 rings (SSSR count). The van der Waals surface area contributed by atoms with Crippen LogP contribution in [0.4, 0.5) is 0 Å². The van der Waals surface area contributed by atoms with Crippen molar-refractivity contribution in [2.45, 2.75) is 6.61 Å². The van der Waals surface area contributed by atoms with Crippen LogP contribution in [0.5, 0.6) is 5.75 Å². The largest absolute Gasteiger partial charge is 0.488 e. The Labute approximate surface area is 188 Å². The summed E-state index contributed by atoms with van der Waals surface area (Å²) in [6.45, 7) is 2.82. The number of halogens is 2. The lowest BCUT2D eigenvalue weighted by Gasteiger charge is -2.26. The molecule has 0 bridgehead atoms. The summed E-state index contributed by atoms with van der Waals surface area (Å²) in [6, 6.07) is 12.9. The van der Waals surface area contributed by atoms with E-state index in [4.69, 9.17) is 32.7 Å². The summed E-state index contributed by atoms with van der Waals surface area (Å²) >= 11 is 13.6. The van der Waals surface area contributed by atoms with Gasteiger partial charge in [-0.3, -0.25) is 10.2 Å². The molecular formula is C21H19Cl2N3O3S. The minimum atomic E-state index is -0.231. The minimum Gasteiger partial charge on any atom is -0.488 e. The fourth-order valence-electron chi connectivity index (χ4n) is 2.94. The number of rotatable bonds is 6. The molecule has 2 heterocycles. The first kappa shape index (κ1) is 21.1. The molecule has 9 heteroatoms. The molecule has 0 radical (unpaired) electrons. The van der Waals surface area contributed by atoms with Gasteiger partial charge in [-0.2, -0.15) is 0 Å². The van der Waals surface area contributed by atoms with Crippen molar-refractivity contribution >= 4 is 40.4 Å². The Bertz CT molecular complexity index is 1040. The lowest BCUT2D eigenvalue weighted by atomic mass is 10.2. The van der Waals surface area contributed by atoms with Gasteiger partial charge in [0.05, 0.1) is 18.8 Å². The van der Waals surface area contributed by atoms with E-state index in [-0.39, 0.29) is 5.91 Å². The maximum atomic E-state index is 12.5. The van der Waals surface area contributed by atoms with Crippen molar-refractivity contribution < 1.29 is 14.3 Å². The maximum Gasteiger partial charge on any atom is 0.285 e. The quantitative estimate of drug-likeness (QED) is 0.575. The van der Waals surface area contributed by atoms with Gasteiger partial charge >= 0.3 is 0 Å². The van der Waals surface area contributed by atoms with Crippen LogP contribution in [0.3, 0.4) is 0 Å². The highest BCUT2D eigenvalue weighted by Crippen LogP contribution is 2.33. The summed E-state index contributed by atoms with van der Waals surface area (Å²) in [6.07, 6.45) is 0. The van der Waals surface area contributed by atoms with E-state index in [0.29, 0.717) is 59.4 Å². The van der Waals surface area contributed by atoms with Crippen LogP contribution in [-0.2, 0) is 11.3 Å². The van der Waals surface area contributed by atoms with E-state index < -0.39 is 0 Å². The van der Waals surface area contributed by atoms with Crippen LogP contribution < -0.4 is 10.2 Å². The van der Waals surface area contributed by atoms with Crippen molar-refractivity contribution in [2.75, 3.05) is 26.3 Å². The number of thiazole rings is 1. The first-order valence-electron chi connectivity index (χ1n) is 9.35. The average Bonchev–Trinajstić information content (AvgIpc) is 3.24. The zero-order valence-electron chi connectivity index (χ0n) is 15.9. The van der Waals surface area contributed by atoms with Gasteiger partial charge in [-0.05, 0) is 24.3 Å². The molecule has 1 amide bonds. The van der Waals surface area contributed by atoms with E-state index in [9.17, 15) is 4.79 Å². The monoisotopic (exact) mass is 463 g/mol. The molecule has 1 saturated heterocycles. The molecule has 1 fully saturated rings. The number of carbonyl (C=O) groups excluding carboxylic acids is 1. The lowest BCUT2D eigenvalue weighted by Crippen LogP contribution is -2.48. The summed E-state index contributed by atoms with van der Waals surface area (Å²) in [5, 5.41) is 5.43. The topological polar surface area (TPSA) is 63.7 Å². The van der Waals surface area contributed by atoms with Crippen LogP contribution >= 0.6 is 34.5 Å². The Kier molecular flexibility index (Phi) is 6.86. The number of para-hydroxylation sites is 1. The predicted molar refractivity (Wildman–Crippen MR) is 118 cm³/mol. The fraction of sp³-hybridized carbons (Fsp3) is 0.238. The average molecular weight is 464 g/mol. The van der Waals surface area contributed by atoms with Gasteiger partial charge in [-0.25, -0.2) is 9.99 Å². The molecule has 30 heavy (non-hydrogen) atoms. The molecule has 1 aliphatic rings.